The van der Waals surface area contributed by atoms with Crippen molar-refractivity contribution in [1.82, 2.24) is 0 Å². The Hall–Kier alpha value is -2.66. The lowest BCUT2D eigenvalue weighted by atomic mass is 9.95. The number of carboxylic acid groups (broad SMARTS) is 1. The van der Waals surface area contributed by atoms with Crippen molar-refractivity contribution in [3.05, 3.63) is 75.9 Å². The van der Waals surface area contributed by atoms with Crippen molar-refractivity contribution >= 4 is 31.9 Å². The van der Waals surface area contributed by atoms with Crippen LogP contribution in [-0.4, -0.2) is 25.7 Å². The third kappa shape index (κ3) is 3.47. The average Bonchev–Trinajstić information content (AvgIpc) is 2.81. The number of allylic oxidation sites excluding steroid dienone is 2. The van der Waals surface area contributed by atoms with Crippen LogP contribution in [0.1, 0.15) is 41.2 Å². The highest BCUT2D eigenvalue weighted by Gasteiger charge is 2.31. The minimum Gasteiger partial charge on any atom is -0.481 e. The van der Waals surface area contributed by atoms with E-state index in [4.69, 9.17) is 0 Å². The largest absolute Gasteiger partial charge is 0.481 e. The minimum atomic E-state index is -3.55. The summed E-state index contributed by atoms with van der Waals surface area (Å²) in [5, 5.41) is 9.37. The maximum Gasteiger partial charge on any atom is 0.307 e. The highest BCUT2D eigenvalue weighted by atomic mass is 32.2. The van der Waals surface area contributed by atoms with Gasteiger partial charge in [0.15, 0.2) is 9.84 Å². The first-order valence-electron chi connectivity index (χ1n) is 8.65. The third-order valence-corrected chi connectivity index (χ3v) is 6.20. The van der Waals surface area contributed by atoms with Gasteiger partial charge in [0.05, 0.1) is 11.3 Å². The highest BCUT2D eigenvalue weighted by Crippen LogP contribution is 2.48. The van der Waals surface area contributed by atoms with Gasteiger partial charge >= 0.3 is 5.97 Å². The van der Waals surface area contributed by atoms with Crippen LogP contribution in [0.4, 0.5) is 0 Å². The maximum atomic E-state index is 12.8. The lowest BCUT2D eigenvalue weighted by molar-refractivity contribution is -0.135. The number of aryl methyl sites for hydroxylation is 2. The molecule has 1 aliphatic rings. The quantitative estimate of drug-likeness (QED) is 0.846. The van der Waals surface area contributed by atoms with Crippen LogP contribution in [0.2, 0.25) is 0 Å². The van der Waals surface area contributed by atoms with Gasteiger partial charge in [-0.25, -0.2) is 8.42 Å². The van der Waals surface area contributed by atoms with Crippen molar-refractivity contribution in [2.24, 2.45) is 0 Å². The molecule has 4 nitrogen and oxygen atoms in total. The van der Waals surface area contributed by atoms with Crippen molar-refractivity contribution in [1.29, 1.82) is 0 Å². The number of carbonyl (C=O) groups is 1. The Morgan fingerprint density at radius 1 is 0.963 bits per heavy atom. The van der Waals surface area contributed by atoms with Gasteiger partial charge in [0, 0.05) is 11.8 Å². The van der Waals surface area contributed by atoms with Gasteiger partial charge in [-0.3, -0.25) is 4.79 Å². The molecule has 1 N–H and O–H groups in total. The van der Waals surface area contributed by atoms with E-state index in [2.05, 4.69) is 0 Å². The molecule has 3 rings (SSSR count). The minimum absolute atomic E-state index is 0.142. The molecule has 0 aromatic heterocycles. The first-order chi connectivity index (χ1) is 12.6. The molecule has 140 valence electrons. The Morgan fingerprint density at radius 2 is 1.52 bits per heavy atom. The van der Waals surface area contributed by atoms with E-state index in [1.807, 2.05) is 39.0 Å². The van der Waals surface area contributed by atoms with Gasteiger partial charge in [0.25, 0.3) is 0 Å². The molecule has 0 bridgehead atoms. The van der Waals surface area contributed by atoms with Gasteiger partial charge in [-0.1, -0.05) is 42.5 Å². The number of hydrogen-bond donors (Lipinski definition) is 1. The average molecular weight is 382 g/mol. The monoisotopic (exact) mass is 382 g/mol. The van der Waals surface area contributed by atoms with Crippen molar-refractivity contribution in [3.8, 4) is 0 Å². The van der Waals surface area contributed by atoms with Crippen molar-refractivity contribution in [2.75, 3.05) is 6.26 Å². The summed E-state index contributed by atoms with van der Waals surface area (Å²) >= 11 is 0. The zero-order valence-electron chi connectivity index (χ0n) is 15.8. The lowest BCUT2D eigenvalue weighted by Gasteiger charge is -2.14. The second-order valence-corrected chi connectivity index (χ2v) is 8.95. The summed E-state index contributed by atoms with van der Waals surface area (Å²) in [4.78, 5) is 11.7. The van der Waals surface area contributed by atoms with E-state index in [-0.39, 0.29) is 11.3 Å². The molecule has 0 heterocycles. The molecule has 0 saturated heterocycles. The molecule has 0 aliphatic heterocycles. The molecule has 0 saturated carbocycles. The van der Waals surface area contributed by atoms with Crippen LogP contribution in [0.15, 0.2) is 48.0 Å². The first-order valence-corrected chi connectivity index (χ1v) is 10.5. The Bertz CT molecular complexity index is 1100. The highest BCUT2D eigenvalue weighted by molar-refractivity contribution is 8.00. The molecule has 0 fully saturated rings. The van der Waals surface area contributed by atoms with E-state index in [9.17, 15) is 18.3 Å². The molecule has 0 radical (unpaired) electrons. The summed E-state index contributed by atoms with van der Waals surface area (Å²) in [5.74, 6) is -0.935. The predicted molar refractivity (Wildman–Crippen MR) is 109 cm³/mol. The molecule has 2 aromatic carbocycles. The number of fused-ring (bicyclic) bond motifs is 1. The SMILES string of the molecule is CC1=C(CC(=O)O)c2cc(C)c(C)cc2C1=C(c1ccccc1)S(C)(=O)=O. The number of aliphatic carboxylic acids is 1. The molecular weight excluding hydrogens is 360 g/mol. The van der Waals surface area contributed by atoms with Gasteiger partial charge in [-0.2, -0.15) is 0 Å². The van der Waals surface area contributed by atoms with Crippen LogP contribution in [0.5, 0.6) is 0 Å². The number of sulfone groups is 1. The van der Waals surface area contributed by atoms with Gasteiger partial charge in [-0.05, 0) is 59.7 Å². The molecular formula is C22H22O4S. The van der Waals surface area contributed by atoms with Gasteiger partial charge in [-0.15, -0.1) is 0 Å². The number of hydrogen-bond acceptors (Lipinski definition) is 3. The number of rotatable bonds is 4. The van der Waals surface area contributed by atoms with Crippen LogP contribution in [-0.2, 0) is 14.6 Å². The van der Waals surface area contributed by atoms with E-state index >= 15 is 0 Å². The Morgan fingerprint density at radius 3 is 2.04 bits per heavy atom. The number of benzene rings is 2. The van der Waals surface area contributed by atoms with E-state index in [1.54, 1.807) is 24.3 Å². The third-order valence-electron chi connectivity index (χ3n) is 5.02. The zero-order chi connectivity index (χ0) is 19.9. The summed E-state index contributed by atoms with van der Waals surface area (Å²) in [6.45, 7) is 5.76. The Labute approximate surface area is 159 Å². The zero-order valence-corrected chi connectivity index (χ0v) is 16.6. The normalized spacial score (nSPS) is 15.7. The van der Waals surface area contributed by atoms with Crippen LogP contribution >= 0.6 is 0 Å². The predicted octanol–water partition coefficient (Wildman–Crippen LogP) is 4.48. The van der Waals surface area contributed by atoms with Crippen LogP contribution in [0, 0.1) is 13.8 Å². The molecule has 27 heavy (non-hydrogen) atoms. The van der Waals surface area contributed by atoms with Crippen molar-refractivity contribution in [3.63, 3.8) is 0 Å². The molecule has 0 atom stereocenters. The van der Waals surface area contributed by atoms with Gasteiger partial charge in [0.1, 0.15) is 0 Å². The van der Waals surface area contributed by atoms with Gasteiger partial charge in [0.2, 0.25) is 0 Å². The summed E-state index contributed by atoms with van der Waals surface area (Å²) in [6.07, 6.45) is 1.06. The summed E-state index contributed by atoms with van der Waals surface area (Å²) in [5.41, 5.74) is 6.28. The molecule has 0 amide bonds. The van der Waals surface area contributed by atoms with Crippen LogP contribution in [0.3, 0.4) is 0 Å². The topological polar surface area (TPSA) is 71.4 Å². The van der Waals surface area contributed by atoms with E-state index in [0.29, 0.717) is 22.3 Å². The molecule has 1 aliphatic carbocycles. The van der Waals surface area contributed by atoms with E-state index in [0.717, 1.165) is 22.3 Å². The fourth-order valence-electron chi connectivity index (χ4n) is 3.63. The van der Waals surface area contributed by atoms with Crippen molar-refractivity contribution in [2.45, 2.75) is 27.2 Å². The smallest absolute Gasteiger partial charge is 0.307 e. The van der Waals surface area contributed by atoms with Gasteiger partial charge < -0.3 is 5.11 Å². The fourth-order valence-corrected chi connectivity index (χ4v) is 4.83. The Kier molecular flexibility index (Phi) is 4.82. The molecule has 5 heteroatoms. The summed E-state index contributed by atoms with van der Waals surface area (Å²) in [7, 11) is -3.55. The standard InChI is InChI=1S/C22H22O4S/c1-13-10-18-17(12-20(23)24)15(3)21(19(18)11-14(13)2)22(27(4,25)26)16-8-6-5-7-9-16/h5-11H,12H2,1-4H3,(H,23,24). The second-order valence-electron chi connectivity index (χ2n) is 7.00. The van der Waals surface area contributed by atoms with Crippen LogP contribution < -0.4 is 0 Å². The Balaban J connectivity index is 2.47. The molecule has 2 aromatic rings. The van der Waals surface area contributed by atoms with Crippen LogP contribution in [0.25, 0.3) is 16.1 Å². The summed E-state index contributed by atoms with van der Waals surface area (Å²) < 4.78 is 25.5. The lowest BCUT2D eigenvalue weighted by Crippen LogP contribution is -2.04. The second kappa shape index (κ2) is 6.82. The number of carboxylic acids is 1. The fraction of sp³-hybridized carbons (Fsp3) is 0.227. The molecule has 0 unspecified atom stereocenters. The van der Waals surface area contributed by atoms with E-state index in [1.165, 1.54) is 6.26 Å². The summed E-state index contributed by atoms with van der Waals surface area (Å²) in [6, 6.07) is 12.9. The first kappa shape index (κ1) is 19.1. The molecule has 0 spiro atoms. The maximum absolute atomic E-state index is 12.8. The van der Waals surface area contributed by atoms with E-state index < -0.39 is 15.8 Å². The van der Waals surface area contributed by atoms with Crippen molar-refractivity contribution < 1.29 is 18.3 Å².